The van der Waals surface area contributed by atoms with E-state index in [1.807, 2.05) is 28.8 Å². The number of hydrogen-bond donors (Lipinski definition) is 2. The summed E-state index contributed by atoms with van der Waals surface area (Å²) in [5.41, 5.74) is 4.86. The molecule has 1 aliphatic rings. The van der Waals surface area contributed by atoms with Crippen molar-refractivity contribution in [2.24, 2.45) is 0 Å². The highest BCUT2D eigenvalue weighted by molar-refractivity contribution is 7.71. The number of ether oxygens (including phenoxy) is 1. The summed E-state index contributed by atoms with van der Waals surface area (Å²) in [6.45, 7) is 5.88. The maximum absolute atomic E-state index is 11.9. The number of carbonyl (C=O) groups is 1. The van der Waals surface area contributed by atoms with Crippen LogP contribution in [0.25, 0.3) is 0 Å². The van der Waals surface area contributed by atoms with Crippen LogP contribution in [0.5, 0.6) is 5.88 Å². The Morgan fingerprint density at radius 1 is 1.30 bits per heavy atom. The van der Waals surface area contributed by atoms with Crippen LogP contribution < -0.4 is 5.43 Å². The molecule has 0 spiro atoms. The van der Waals surface area contributed by atoms with Crippen molar-refractivity contribution in [1.29, 1.82) is 0 Å². The third-order valence-corrected chi connectivity index (χ3v) is 4.03. The van der Waals surface area contributed by atoms with Crippen molar-refractivity contribution < 1.29 is 14.6 Å². The summed E-state index contributed by atoms with van der Waals surface area (Å²) in [5, 5.41) is 10.4. The maximum atomic E-state index is 11.9. The van der Waals surface area contributed by atoms with Crippen LogP contribution in [-0.2, 0) is 17.7 Å². The molecular formula is C16H19N3O3S. The number of nitrogens with one attached hydrogen (secondary N) is 1. The number of aromatic nitrogens is 2. The van der Waals surface area contributed by atoms with E-state index in [2.05, 4.69) is 5.43 Å². The van der Waals surface area contributed by atoms with E-state index >= 15 is 0 Å². The first kappa shape index (κ1) is 15.6. The average molecular weight is 333 g/mol. The third kappa shape index (κ3) is 2.96. The maximum Gasteiger partial charge on any atom is 0.427 e. The SMILES string of the molecule is CC(C)(C)OC(=O)Nn1c(O)c2n(c1=S)Cc1ccccc1C2. The van der Waals surface area contributed by atoms with E-state index in [9.17, 15) is 9.90 Å². The summed E-state index contributed by atoms with van der Waals surface area (Å²) >= 11 is 5.38. The first-order chi connectivity index (χ1) is 10.8. The van der Waals surface area contributed by atoms with Crippen molar-refractivity contribution in [3.63, 3.8) is 0 Å². The highest BCUT2D eigenvalue weighted by atomic mass is 32.1. The summed E-state index contributed by atoms with van der Waals surface area (Å²) in [4.78, 5) is 11.9. The number of carbonyl (C=O) groups excluding carboxylic acids is 1. The minimum atomic E-state index is -0.663. The van der Waals surface area contributed by atoms with E-state index in [1.54, 1.807) is 20.8 Å². The molecule has 7 heteroatoms. The van der Waals surface area contributed by atoms with Crippen molar-refractivity contribution in [2.75, 3.05) is 5.43 Å². The minimum absolute atomic E-state index is 0.0598. The second-order valence-corrected chi connectivity index (χ2v) is 6.90. The number of hydrogen-bond acceptors (Lipinski definition) is 4. The zero-order valence-electron chi connectivity index (χ0n) is 13.3. The van der Waals surface area contributed by atoms with Gasteiger partial charge < -0.3 is 14.4 Å². The number of rotatable bonds is 1. The fourth-order valence-corrected chi connectivity index (χ4v) is 2.95. The molecule has 23 heavy (non-hydrogen) atoms. The first-order valence-electron chi connectivity index (χ1n) is 7.36. The van der Waals surface area contributed by atoms with Gasteiger partial charge in [0.2, 0.25) is 10.7 Å². The fraction of sp³-hybridized carbons (Fsp3) is 0.375. The smallest absolute Gasteiger partial charge is 0.427 e. The Morgan fingerprint density at radius 2 is 1.96 bits per heavy atom. The lowest BCUT2D eigenvalue weighted by Gasteiger charge is -2.19. The quantitative estimate of drug-likeness (QED) is 0.671. The van der Waals surface area contributed by atoms with Crippen LogP contribution in [0.4, 0.5) is 4.79 Å². The molecule has 0 saturated heterocycles. The summed E-state index contributed by atoms with van der Waals surface area (Å²) in [6.07, 6.45) is -0.0985. The van der Waals surface area contributed by atoms with Crippen LogP contribution >= 0.6 is 12.2 Å². The standard InChI is InChI=1S/C16H19N3O3S/c1-16(2,3)22-14(21)17-19-13(20)12-8-10-6-4-5-7-11(10)9-18(12)15(19)23/h4-7,20H,8-9H2,1-3H3,(H,17,21). The van der Waals surface area contributed by atoms with Crippen LogP contribution in [0.15, 0.2) is 24.3 Å². The Morgan fingerprint density at radius 3 is 2.61 bits per heavy atom. The van der Waals surface area contributed by atoms with Gasteiger partial charge in [0.05, 0.1) is 12.2 Å². The van der Waals surface area contributed by atoms with Crippen molar-refractivity contribution in [2.45, 2.75) is 39.3 Å². The average Bonchev–Trinajstić information content (AvgIpc) is 2.68. The molecule has 1 aromatic heterocycles. The molecule has 3 rings (SSSR count). The summed E-state index contributed by atoms with van der Waals surface area (Å²) in [5.74, 6) is -0.0598. The molecule has 0 atom stereocenters. The van der Waals surface area contributed by atoms with Crippen LogP contribution in [0.3, 0.4) is 0 Å². The highest BCUT2D eigenvalue weighted by Crippen LogP contribution is 2.29. The topological polar surface area (TPSA) is 68.4 Å². The van der Waals surface area contributed by atoms with Gasteiger partial charge in [-0.1, -0.05) is 24.3 Å². The predicted octanol–water partition coefficient (Wildman–Crippen LogP) is 3.16. The summed E-state index contributed by atoms with van der Waals surface area (Å²) in [7, 11) is 0. The molecule has 1 aromatic carbocycles. The molecule has 2 N–H and O–H groups in total. The Balaban J connectivity index is 1.93. The molecule has 122 valence electrons. The largest absolute Gasteiger partial charge is 0.492 e. The molecule has 1 aliphatic heterocycles. The molecule has 0 bridgehead atoms. The number of aromatic hydroxyl groups is 1. The summed E-state index contributed by atoms with van der Waals surface area (Å²) < 4.78 is 8.56. The molecular weight excluding hydrogens is 314 g/mol. The molecule has 0 fully saturated rings. The van der Waals surface area contributed by atoms with E-state index in [-0.39, 0.29) is 5.88 Å². The molecule has 6 nitrogen and oxygen atoms in total. The van der Waals surface area contributed by atoms with Crippen molar-refractivity contribution in [3.8, 4) is 5.88 Å². The number of imidazole rings is 1. The lowest BCUT2D eigenvalue weighted by molar-refractivity contribution is 0.0610. The molecule has 1 amide bonds. The molecule has 2 aromatic rings. The molecule has 0 radical (unpaired) electrons. The molecule has 2 heterocycles. The van der Waals surface area contributed by atoms with Crippen molar-refractivity contribution in [1.82, 2.24) is 9.24 Å². The van der Waals surface area contributed by atoms with E-state index < -0.39 is 11.7 Å². The second-order valence-electron chi connectivity index (χ2n) is 6.53. The molecule has 0 saturated carbocycles. The van der Waals surface area contributed by atoms with E-state index in [0.29, 0.717) is 23.4 Å². The van der Waals surface area contributed by atoms with Crippen LogP contribution in [-0.4, -0.2) is 26.0 Å². The zero-order valence-corrected chi connectivity index (χ0v) is 14.1. The Hall–Kier alpha value is -2.28. The van der Waals surface area contributed by atoms with Gasteiger partial charge in [-0.2, -0.15) is 4.68 Å². The van der Waals surface area contributed by atoms with Gasteiger partial charge in [0.1, 0.15) is 5.60 Å². The van der Waals surface area contributed by atoms with Crippen molar-refractivity contribution in [3.05, 3.63) is 45.9 Å². The minimum Gasteiger partial charge on any atom is -0.492 e. The van der Waals surface area contributed by atoms with Gasteiger partial charge in [-0.3, -0.25) is 0 Å². The second kappa shape index (κ2) is 5.42. The molecule has 0 unspecified atom stereocenters. The van der Waals surface area contributed by atoms with Gasteiger partial charge in [-0.25, -0.2) is 10.2 Å². The summed E-state index contributed by atoms with van der Waals surface area (Å²) in [6, 6.07) is 8.01. The van der Waals surface area contributed by atoms with Gasteiger partial charge in [-0.05, 0) is 44.1 Å². The predicted molar refractivity (Wildman–Crippen MR) is 88.9 cm³/mol. The van der Waals surface area contributed by atoms with Crippen LogP contribution in [0, 0.1) is 4.77 Å². The Labute approximate surface area is 139 Å². The zero-order chi connectivity index (χ0) is 16.8. The van der Waals surface area contributed by atoms with E-state index in [0.717, 1.165) is 11.1 Å². The van der Waals surface area contributed by atoms with Crippen molar-refractivity contribution >= 4 is 18.3 Å². The van der Waals surface area contributed by atoms with Crippen LogP contribution in [0.2, 0.25) is 0 Å². The van der Waals surface area contributed by atoms with Gasteiger partial charge in [0.15, 0.2) is 0 Å². The lowest BCUT2D eigenvalue weighted by Crippen LogP contribution is -2.31. The van der Waals surface area contributed by atoms with E-state index in [1.165, 1.54) is 4.68 Å². The number of fused-ring (bicyclic) bond motifs is 2. The third-order valence-electron chi connectivity index (χ3n) is 3.62. The highest BCUT2D eigenvalue weighted by Gasteiger charge is 2.25. The number of amides is 1. The fourth-order valence-electron chi connectivity index (χ4n) is 2.64. The van der Waals surface area contributed by atoms with Gasteiger partial charge >= 0.3 is 6.09 Å². The normalized spacial score (nSPS) is 13.2. The van der Waals surface area contributed by atoms with Gasteiger partial charge in [0.25, 0.3) is 0 Å². The first-order valence-corrected chi connectivity index (χ1v) is 7.77. The molecule has 0 aliphatic carbocycles. The van der Waals surface area contributed by atoms with Gasteiger partial charge in [0, 0.05) is 6.42 Å². The van der Waals surface area contributed by atoms with E-state index in [4.69, 9.17) is 17.0 Å². The van der Waals surface area contributed by atoms with Gasteiger partial charge in [-0.15, -0.1) is 0 Å². The Kier molecular flexibility index (Phi) is 3.68. The monoisotopic (exact) mass is 333 g/mol. The number of benzene rings is 1. The lowest BCUT2D eigenvalue weighted by atomic mass is 10.00. The number of nitrogens with zero attached hydrogens (tertiary/aromatic N) is 2. The Bertz CT molecular complexity index is 830. The van der Waals surface area contributed by atoms with Crippen LogP contribution in [0.1, 0.15) is 37.6 Å².